The van der Waals surface area contributed by atoms with Gasteiger partial charge in [0.15, 0.2) is 15.6 Å². The molecule has 2 saturated heterocycles. The number of aliphatic hydroxyl groups excluding tert-OH is 1. The SMILES string of the molecule is CC(C)[C@@H](C)C(=O)[C@@](S)(Cc1ccc(CCc2ccc(C[C@]34CN(C)C(=O)[C@](CO)(S3)N(C)C4=O)cc2)cc1)N(C)C(=O)[C@](C)(O)S. The molecule has 2 bridgehead atoms. The van der Waals surface area contributed by atoms with Gasteiger partial charge < -0.3 is 24.9 Å². The number of rotatable bonds is 13. The van der Waals surface area contributed by atoms with E-state index < -0.39 is 31.9 Å². The molecule has 0 saturated carbocycles. The van der Waals surface area contributed by atoms with Gasteiger partial charge in [0.05, 0.1) is 6.61 Å². The monoisotopic (exact) mass is 701 g/mol. The molecule has 3 amide bonds. The second-order valence-corrected chi connectivity index (χ2v) is 16.9. The smallest absolute Gasteiger partial charge is 0.265 e. The minimum absolute atomic E-state index is 0.0429. The maximum absolute atomic E-state index is 13.6. The van der Waals surface area contributed by atoms with Crippen LogP contribution in [0.15, 0.2) is 48.5 Å². The summed E-state index contributed by atoms with van der Waals surface area (Å²) < 4.78 is -0.835. The third-order valence-electron chi connectivity index (χ3n) is 9.75. The number of likely N-dealkylation sites (N-methyl/N-ethyl adjacent to an activating group) is 3. The Morgan fingerprint density at radius 3 is 1.89 bits per heavy atom. The molecule has 2 heterocycles. The van der Waals surface area contributed by atoms with Crippen LogP contribution in [-0.4, -0.2) is 102 Å². The Hall–Kier alpha value is -2.51. The topological polar surface area (TPSA) is 118 Å². The number of hydrogen-bond acceptors (Lipinski definition) is 9. The molecule has 2 aliphatic heterocycles. The van der Waals surface area contributed by atoms with Crippen LogP contribution in [0.5, 0.6) is 0 Å². The number of amides is 3. The van der Waals surface area contributed by atoms with Gasteiger partial charge in [0.1, 0.15) is 9.62 Å². The maximum atomic E-state index is 13.6. The van der Waals surface area contributed by atoms with Gasteiger partial charge in [-0.25, -0.2) is 0 Å². The van der Waals surface area contributed by atoms with Crippen molar-refractivity contribution in [2.24, 2.45) is 11.8 Å². The van der Waals surface area contributed by atoms with Gasteiger partial charge in [-0.2, -0.15) is 0 Å². The van der Waals surface area contributed by atoms with Gasteiger partial charge in [0.25, 0.3) is 11.8 Å². The number of nitrogens with zero attached hydrogens (tertiary/aromatic N) is 3. The standard InChI is InChI=1S/C35H47N3O6S3/c1-22(2)23(3)28(40)34(46,37(6)29(41)32(4,44)45)19-27-16-12-25(13-17-27)9-8-24-10-14-26(15-11-24)18-33-20-36(5)31(43)35(21-39,47-33)38(7)30(33)42/h10-17,22-23,39,44-46H,8-9,18-21H2,1-7H3/t23-,32-,33-,34+,35+/m1/s1. The van der Waals surface area contributed by atoms with Crippen molar-refractivity contribution in [3.63, 3.8) is 0 Å². The lowest BCUT2D eigenvalue weighted by atomic mass is 9.86. The van der Waals surface area contributed by atoms with Gasteiger partial charge in [-0.05, 0) is 54.4 Å². The fourth-order valence-corrected chi connectivity index (χ4v) is 8.92. The largest absolute Gasteiger partial charge is 0.392 e. The molecule has 2 aromatic carbocycles. The highest BCUT2D eigenvalue weighted by atomic mass is 32.2. The zero-order chi connectivity index (χ0) is 35.1. The maximum Gasteiger partial charge on any atom is 0.265 e. The zero-order valence-corrected chi connectivity index (χ0v) is 30.8. The number of carbonyl (C=O) groups excluding carboxylic acids is 4. The summed E-state index contributed by atoms with van der Waals surface area (Å²) in [6.45, 7) is 6.87. The summed E-state index contributed by atoms with van der Waals surface area (Å²) in [7, 11) is 4.75. The lowest BCUT2D eigenvalue weighted by molar-refractivity contribution is -0.149. The lowest BCUT2D eigenvalue weighted by Gasteiger charge is -2.41. The predicted octanol–water partition coefficient (Wildman–Crippen LogP) is 3.25. The molecule has 0 spiro atoms. The molecule has 5 atom stereocenters. The van der Waals surface area contributed by atoms with Crippen LogP contribution in [0.4, 0.5) is 0 Å². The average molecular weight is 702 g/mol. The fourth-order valence-electron chi connectivity index (χ4n) is 6.39. The van der Waals surface area contributed by atoms with Gasteiger partial charge in [-0.15, -0.1) is 37.0 Å². The van der Waals surface area contributed by atoms with Gasteiger partial charge in [-0.1, -0.05) is 69.3 Å². The van der Waals surface area contributed by atoms with Crippen LogP contribution in [0.1, 0.15) is 49.9 Å². The first-order valence-corrected chi connectivity index (χ1v) is 17.5. The van der Waals surface area contributed by atoms with Gasteiger partial charge >= 0.3 is 0 Å². The van der Waals surface area contributed by atoms with E-state index in [1.54, 1.807) is 19.0 Å². The van der Waals surface area contributed by atoms with Gasteiger partial charge in [-0.3, -0.25) is 19.2 Å². The zero-order valence-electron chi connectivity index (χ0n) is 28.2. The third-order valence-corrected chi connectivity index (χ3v) is 12.4. The Kier molecular flexibility index (Phi) is 10.9. The molecule has 2 fully saturated rings. The molecule has 9 nitrogen and oxygen atoms in total. The number of benzene rings is 2. The van der Waals surface area contributed by atoms with E-state index in [1.165, 1.54) is 35.5 Å². The van der Waals surface area contributed by atoms with E-state index in [-0.39, 0.29) is 35.9 Å². The normalized spacial score (nSPS) is 24.3. The van der Waals surface area contributed by atoms with Crippen LogP contribution in [0.3, 0.4) is 0 Å². The van der Waals surface area contributed by atoms with E-state index in [2.05, 4.69) is 24.8 Å². The number of thioether (sulfide) groups is 1. The highest BCUT2D eigenvalue weighted by molar-refractivity contribution is 8.04. The van der Waals surface area contributed by atoms with E-state index in [1.807, 2.05) is 57.2 Å². The molecule has 4 rings (SSSR count). The van der Waals surface area contributed by atoms with Crippen LogP contribution in [0.2, 0.25) is 0 Å². The number of hydrogen-bond donors (Lipinski definition) is 4. The molecular formula is C35H47N3O6S3. The van der Waals surface area contributed by atoms with E-state index in [0.717, 1.165) is 35.1 Å². The van der Waals surface area contributed by atoms with Crippen LogP contribution in [0, 0.1) is 11.8 Å². The fraction of sp³-hybridized carbons (Fsp3) is 0.543. The number of ketones is 1. The van der Waals surface area contributed by atoms with E-state index in [4.69, 9.17) is 12.6 Å². The van der Waals surface area contributed by atoms with Crippen LogP contribution in [-0.2, 0) is 44.9 Å². The van der Waals surface area contributed by atoms with Gasteiger partial charge in [0, 0.05) is 40.0 Å². The summed E-state index contributed by atoms with van der Waals surface area (Å²) in [6.07, 6.45) is 2.20. The van der Waals surface area contributed by atoms with Crippen molar-refractivity contribution in [1.82, 2.24) is 14.7 Å². The average Bonchev–Trinajstić information content (AvgIpc) is 3.21. The summed E-state index contributed by atoms with van der Waals surface area (Å²) in [5, 5.41) is 20.4. The number of thiol groups is 2. The van der Waals surface area contributed by atoms with Crippen molar-refractivity contribution in [3.8, 4) is 0 Å². The predicted molar refractivity (Wildman–Crippen MR) is 191 cm³/mol. The third kappa shape index (κ3) is 7.13. The lowest BCUT2D eigenvalue weighted by Crippen LogP contribution is -2.58. The van der Waals surface area contributed by atoms with Crippen molar-refractivity contribution in [2.45, 2.75) is 72.8 Å². The molecule has 2 N–H and O–H groups in total. The van der Waals surface area contributed by atoms with E-state index in [0.29, 0.717) is 13.0 Å². The molecule has 0 aliphatic carbocycles. The molecule has 47 heavy (non-hydrogen) atoms. The van der Waals surface area contributed by atoms with Crippen LogP contribution >= 0.6 is 37.0 Å². The van der Waals surface area contributed by atoms with Crippen LogP contribution < -0.4 is 0 Å². The summed E-state index contributed by atoms with van der Waals surface area (Å²) >= 11 is 10.1. The molecule has 2 aromatic rings. The van der Waals surface area contributed by atoms with Crippen molar-refractivity contribution in [2.75, 3.05) is 34.3 Å². The number of Topliss-reactive ketones (excluding diaryl/α,β-unsaturated/α-hetero) is 1. The second kappa shape index (κ2) is 13.8. The van der Waals surface area contributed by atoms with Crippen LogP contribution in [0.25, 0.3) is 0 Å². The van der Waals surface area contributed by atoms with Gasteiger partial charge in [0.2, 0.25) is 5.91 Å². The van der Waals surface area contributed by atoms with Crippen molar-refractivity contribution >= 4 is 60.5 Å². The summed E-state index contributed by atoms with van der Waals surface area (Å²) in [6, 6.07) is 16.1. The molecular weight excluding hydrogens is 655 g/mol. The number of aliphatic hydroxyl groups is 2. The molecule has 0 aromatic heterocycles. The van der Waals surface area contributed by atoms with E-state index in [9.17, 15) is 29.4 Å². The van der Waals surface area contributed by atoms with Crippen molar-refractivity contribution in [1.29, 1.82) is 0 Å². The summed E-state index contributed by atoms with van der Waals surface area (Å²) in [4.78, 5) is 52.3. The van der Waals surface area contributed by atoms with Crippen molar-refractivity contribution in [3.05, 3.63) is 70.8 Å². The summed E-state index contributed by atoms with van der Waals surface area (Å²) in [5.74, 6) is -1.61. The number of aryl methyl sites for hydroxylation is 2. The quantitative estimate of drug-likeness (QED) is 0.187. The minimum Gasteiger partial charge on any atom is -0.392 e. The first-order chi connectivity index (χ1) is 21.8. The Bertz CT molecular complexity index is 1510. The number of carbonyl (C=O) groups is 4. The first-order valence-electron chi connectivity index (χ1n) is 15.8. The first kappa shape index (κ1) is 37.3. The molecule has 0 unspecified atom stereocenters. The second-order valence-electron chi connectivity index (χ2n) is 13.6. The molecule has 256 valence electrons. The van der Waals surface area contributed by atoms with E-state index >= 15 is 0 Å². The Labute approximate surface area is 293 Å². The molecule has 0 radical (unpaired) electrons. The Morgan fingerprint density at radius 2 is 1.43 bits per heavy atom. The Morgan fingerprint density at radius 1 is 0.936 bits per heavy atom. The number of fused-ring (bicyclic) bond motifs is 2. The Balaban J connectivity index is 1.42. The molecule has 12 heteroatoms. The summed E-state index contributed by atoms with van der Waals surface area (Å²) in [5.41, 5.74) is 4.07. The van der Waals surface area contributed by atoms with Crippen molar-refractivity contribution < 1.29 is 29.4 Å². The molecule has 2 aliphatic rings. The highest BCUT2D eigenvalue weighted by Gasteiger charge is 2.66. The highest BCUT2D eigenvalue weighted by Crippen LogP contribution is 2.53. The minimum atomic E-state index is -1.95.